The van der Waals surface area contributed by atoms with Gasteiger partial charge in [0.2, 0.25) is 0 Å². The first kappa shape index (κ1) is 31.2. The summed E-state index contributed by atoms with van der Waals surface area (Å²) in [6.45, 7) is 4.68. The van der Waals surface area contributed by atoms with Crippen molar-refractivity contribution < 1.29 is 0 Å². The van der Waals surface area contributed by atoms with Crippen LogP contribution < -0.4 is 0 Å². The Hall–Kier alpha value is -4.38. The molecule has 0 saturated heterocycles. The number of hydrogen-bond acceptors (Lipinski definition) is 4. The van der Waals surface area contributed by atoms with E-state index in [9.17, 15) is 0 Å². The van der Waals surface area contributed by atoms with Gasteiger partial charge in [-0.1, -0.05) is 153 Å². The Labute approximate surface area is 315 Å². The molecule has 2 aliphatic heterocycles. The summed E-state index contributed by atoms with van der Waals surface area (Å²) in [5.41, 5.74) is 16.0. The quantitative estimate of drug-likeness (QED) is 0.186. The van der Waals surface area contributed by atoms with Crippen LogP contribution in [0, 0.1) is 0 Å². The first-order valence-corrected chi connectivity index (χ1v) is 20.7. The number of nitrogens with zero attached hydrogens (tertiary/aromatic N) is 2. The lowest BCUT2D eigenvalue weighted by Gasteiger charge is -2.36. The van der Waals surface area contributed by atoms with E-state index in [0.29, 0.717) is 11.2 Å². The van der Waals surface area contributed by atoms with Gasteiger partial charge in [0.15, 0.2) is 5.82 Å². The molecular formula is C48H40N2S2. The lowest BCUT2D eigenvalue weighted by molar-refractivity contribution is 0.353. The highest BCUT2D eigenvalue weighted by molar-refractivity contribution is 8.03. The Balaban J connectivity index is 1.02. The monoisotopic (exact) mass is 708 g/mol. The van der Waals surface area contributed by atoms with Gasteiger partial charge in [-0.05, 0) is 76.8 Å². The number of allylic oxidation sites excluding steroid dienone is 7. The molecule has 11 rings (SSSR count). The van der Waals surface area contributed by atoms with Gasteiger partial charge in [0.25, 0.3) is 0 Å². The molecule has 3 atom stereocenters. The number of rotatable bonds is 3. The summed E-state index contributed by atoms with van der Waals surface area (Å²) in [6, 6.07) is 34.1. The summed E-state index contributed by atoms with van der Waals surface area (Å²) in [4.78, 5) is 14.8. The Morgan fingerprint density at radius 1 is 0.712 bits per heavy atom. The van der Waals surface area contributed by atoms with Gasteiger partial charge in [0, 0.05) is 42.9 Å². The highest BCUT2D eigenvalue weighted by Gasteiger charge is 2.46. The number of thioether (sulfide) groups is 2. The van der Waals surface area contributed by atoms with E-state index in [2.05, 4.69) is 135 Å². The highest BCUT2D eigenvalue weighted by atomic mass is 32.2. The molecule has 4 heteroatoms. The van der Waals surface area contributed by atoms with Gasteiger partial charge in [0.05, 0.1) is 16.3 Å². The standard InChI is InChI=1S/C48H40N2S2/c1-29-13-11-17-35-42-45(52-43(29)35)41(30-14-5-3-6-15-30)49-46(50-42)36-18-12-20-38-44(36)51-40-24-22-32(28-47(38,40)2)31-21-23-34-33-16-7-8-19-37(33)48(39(34)27-31)25-9-4-10-26-48/h3,5-8,11-16,18-24,27-28,35,40H,4,9-10,17,25-26H2,1-2H3/t35?,40?,47-/m1/s1. The van der Waals surface area contributed by atoms with Crippen molar-refractivity contribution in [1.29, 1.82) is 0 Å². The lowest BCUT2D eigenvalue weighted by Crippen LogP contribution is -2.29. The molecule has 52 heavy (non-hydrogen) atoms. The van der Waals surface area contributed by atoms with E-state index in [0.717, 1.165) is 29.1 Å². The Kier molecular flexibility index (Phi) is 6.93. The average molecular weight is 709 g/mol. The molecule has 0 bridgehead atoms. The second-order valence-corrected chi connectivity index (χ2v) is 17.9. The van der Waals surface area contributed by atoms with Crippen LogP contribution in [-0.4, -0.2) is 15.2 Å². The Bertz CT molecular complexity index is 2460. The van der Waals surface area contributed by atoms with Crippen LogP contribution in [0.4, 0.5) is 0 Å². The van der Waals surface area contributed by atoms with Crippen LogP contribution in [0.25, 0.3) is 39.3 Å². The number of hydrogen-bond donors (Lipinski definition) is 0. The zero-order chi connectivity index (χ0) is 34.6. The van der Waals surface area contributed by atoms with Crippen LogP contribution in [0.5, 0.6) is 0 Å². The molecule has 2 unspecified atom stereocenters. The molecule has 5 aromatic rings. The van der Waals surface area contributed by atoms with E-state index in [1.165, 1.54) is 85.9 Å². The van der Waals surface area contributed by atoms with Crippen molar-refractivity contribution in [3.8, 4) is 33.8 Å². The van der Waals surface area contributed by atoms with Gasteiger partial charge in [0.1, 0.15) is 0 Å². The van der Waals surface area contributed by atoms with Gasteiger partial charge in [-0.2, -0.15) is 0 Å². The third-order valence-electron chi connectivity index (χ3n) is 12.8. The van der Waals surface area contributed by atoms with Crippen LogP contribution in [0.1, 0.15) is 86.2 Å². The summed E-state index contributed by atoms with van der Waals surface area (Å²) in [7, 11) is 0. The molecule has 1 saturated carbocycles. The second-order valence-electron chi connectivity index (χ2n) is 15.7. The van der Waals surface area contributed by atoms with E-state index in [4.69, 9.17) is 9.97 Å². The number of benzene rings is 4. The zero-order valence-corrected chi connectivity index (χ0v) is 31.3. The minimum atomic E-state index is -0.138. The maximum atomic E-state index is 5.45. The summed E-state index contributed by atoms with van der Waals surface area (Å²) < 4.78 is 0. The molecule has 0 radical (unpaired) electrons. The van der Waals surface area contributed by atoms with Crippen molar-refractivity contribution in [3.05, 3.63) is 160 Å². The predicted octanol–water partition coefficient (Wildman–Crippen LogP) is 12.8. The molecule has 254 valence electrons. The minimum Gasteiger partial charge on any atom is -0.231 e. The van der Waals surface area contributed by atoms with Crippen molar-refractivity contribution in [1.82, 2.24) is 9.97 Å². The van der Waals surface area contributed by atoms with Crippen molar-refractivity contribution in [2.45, 2.75) is 84.2 Å². The van der Waals surface area contributed by atoms with Gasteiger partial charge >= 0.3 is 0 Å². The Morgan fingerprint density at radius 2 is 1.50 bits per heavy atom. The van der Waals surface area contributed by atoms with E-state index >= 15 is 0 Å². The van der Waals surface area contributed by atoms with Gasteiger partial charge in [-0.25, -0.2) is 9.97 Å². The highest BCUT2D eigenvalue weighted by Crippen LogP contribution is 2.60. The van der Waals surface area contributed by atoms with Crippen LogP contribution in [-0.2, 0) is 10.8 Å². The molecule has 1 spiro atoms. The smallest absolute Gasteiger partial charge is 0.161 e. The molecule has 0 N–H and O–H groups in total. The maximum absolute atomic E-state index is 5.45. The molecule has 3 heterocycles. The molecule has 4 aliphatic carbocycles. The first-order valence-electron chi connectivity index (χ1n) is 19.0. The van der Waals surface area contributed by atoms with Crippen molar-refractivity contribution in [2.24, 2.45) is 0 Å². The van der Waals surface area contributed by atoms with E-state index in [1.54, 1.807) is 11.1 Å². The second kappa shape index (κ2) is 11.6. The maximum Gasteiger partial charge on any atom is 0.161 e. The van der Waals surface area contributed by atoms with Crippen molar-refractivity contribution in [2.75, 3.05) is 0 Å². The average Bonchev–Trinajstić information content (AvgIpc) is 3.81. The first-order chi connectivity index (χ1) is 25.5. The summed E-state index contributed by atoms with van der Waals surface area (Å²) in [5, 5.41) is 0.315. The Morgan fingerprint density at radius 3 is 2.38 bits per heavy atom. The predicted molar refractivity (Wildman–Crippen MR) is 218 cm³/mol. The fourth-order valence-electron chi connectivity index (χ4n) is 10.2. The largest absolute Gasteiger partial charge is 0.231 e. The van der Waals surface area contributed by atoms with Gasteiger partial charge < -0.3 is 0 Å². The summed E-state index contributed by atoms with van der Waals surface area (Å²) in [6.07, 6.45) is 19.5. The summed E-state index contributed by atoms with van der Waals surface area (Å²) >= 11 is 3.87. The van der Waals surface area contributed by atoms with Crippen LogP contribution in [0.2, 0.25) is 0 Å². The van der Waals surface area contributed by atoms with E-state index in [1.807, 2.05) is 23.5 Å². The van der Waals surface area contributed by atoms with Gasteiger partial charge in [-0.15, -0.1) is 11.8 Å². The molecule has 1 fully saturated rings. The number of aromatic nitrogens is 2. The minimum absolute atomic E-state index is 0.138. The van der Waals surface area contributed by atoms with Crippen molar-refractivity contribution >= 4 is 29.1 Å². The van der Waals surface area contributed by atoms with Crippen molar-refractivity contribution in [3.63, 3.8) is 0 Å². The topological polar surface area (TPSA) is 25.8 Å². The number of fused-ring (bicyclic) bond motifs is 11. The molecule has 1 aromatic heterocycles. The molecule has 0 amide bonds. The van der Waals surface area contributed by atoms with E-state index in [-0.39, 0.29) is 10.8 Å². The summed E-state index contributed by atoms with van der Waals surface area (Å²) in [5.74, 6) is 1.16. The molecular weight excluding hydrogens is 669 g/mol. The third kappa shape index (κ3) is 4.40. The van der Waals surface area contributed by atoms with Crippen LogP contribution in [0.3, 0.4) is 0 Å². The molecule has 2 nitrogen and oxygen atoms in total. The SMILES string of the molecule is CC1=C2Sc3c(-c4ccccc4)nc(-c4cccc5c4SC4C=CC(c6ccc7c(c6)C6(CCCCC6)c6ccccc6-7)=C[C@]54C)nc3C2CC=C1. The zero-order valence-electron chi connectivity index (χ0n) is 29.7. The third-order valence-corrected chi connectivity index (χ3v) is 15.8. The van der Waals surface area contributed by atoms with E-state index < -0.39 is 0 Å². The van der Waals surface area contributed by atoms with Crippen LogP contribution >= 0.6 is 23.5 Å². The molecule has 6 aliphatic rings. The normalized spacial score (nSPS) is 24.2. The fraction of sp³-hybridized carbons (Fsp3) is 0.250. The van der Waals surface area contributed by atoms with Crippen LogP contribution in [0.15, 0.2) is 142 Å². The molecule has 4 aromatic carbocycles. The van der Waals surface area contributed by atoms with Gasteiger partial charge in [-0.3, -0.25) is 0 Å². The fourth-order valence-corrected chi connectivity index (χ4v) is 13.1. The lowest BCUT2D eigenvalue weighted by atomic mass is 9.67.